The van der Waals surface area contributed by atoms with E-state index in [0.717, 1.165) is 0 Å². The van der Waals surface area contributed by atoms with Gasteiger partial charge in [-0.05, 0) is 58.4 Å². The molecule has 0 saturated carbocycles. The minimum atomic E-state index is -4.41. The van der Waals surface area contributed by atoms with E-state index in [0.29, 0.717) is 25.8 Å². The van der Waals surface area contributed by atoms with Crippen LogP contribution in [0.5, 0.6) is 0 Å². The highest BCUT2D eigenvalue weighted by Gasteiger charge is 2.27. The molecule has 0 aromatic carbocycles. The van der Waals surface area contributed by atoms with Gasteiger partial charge in [-0.1, -0.05) is 6.92 Å². The van der Waals surface area contributed by atoms with Crippen molar-refractivity contribution in [1.82, 2.24) is 10.6 Å². The molecule has 5 unspecified atom stereocenters. The summed E-state index contributed by atoms with van der Waals surface area (Å²) in [4.78, 5) is 137. The number of carbonyl (C=O) groups excluding carboxylic acids is 4. The van der Waals surface area contributed by atoms with E-state index in [1.54, 1.807) is 20.8 Å². The number of nitrogens with one attached hydrogen (secondary N) is 2. The molecule has 7 atom stereocenters. The van der Waals surface area contributed by atoms with E-state index < -0.39 is 106 Å². The smallest absolute Gasteiger partial charge is 0.373 e. The maximum atomic E-state index is 11.6. The van der Waals surface area contributed by atoms with Crippen molar-refractivity contribution in [3.63, 3.8) is 0 Å². The molecule has 28 nitrogen and oxygen atoms in total. The topological polar surface area (TPSA) is 526 Å². The molecular weight excluding hydrogens is 908 g/mol. The maximum absolute atomic E-state index is 11.6. The van der Waals surface area contributed by atoms with E-state index in [4.69, 9.17) is 72.3 Å². The Hall–Kier alpha value is -5.17. The summed E-state index contributed by atoms with van der Waals surface area (Å²) in [5, 5.41) is 63.8. The predicted octanol–water partition coefficient (Wildman–Crippen LogP) is -1.43. The second-order valence-corrected chi connectivity index (χ2v) is 18.1. The third-order valence-electron chi connectivity index (χ3n) is 7.51. The van der Waals surface area contributed by atoms with E-state index in [1.807, 2.05) is 0 Å². The number of carbonyl (C=O) groups is 9. The second kappa shape index (κ2) is 38.3. The van der Waals surface area contributed by atoms with Crippen LogP contribution in [0, 0.1) is 11.8 Å². The average Bonchev–Trinajstić information content (AvgIpc) is 3.13. The third kappa shape index (κ3) is 53.0. The van der Waals surface area contributed by atoms with Gasteiger partial charge in [0.1, 0.15) is 6.04 Å². The van der Waals surface area contributed by atoms with Crippen molar-refractivity contribution in [2.24, 2.45) is 29.0 Å². The molecule has 0 aliphatic rings. The lowest BCUT2D eigenvalue weighted by molar-refractivity contribution is -0.192. The number of aliphatic carboxylic acids is 7. The van der Waals surface area contributed by atoms with Crippen molar-refractivity contribution >= 4 is 74.7 Å². The summed E-state index contributed by atoms with van der Waals surface area (Å²) in [5.41, 5.74) is 15.7. The monoisotopic (exact) mass is 971 g/mol. The van der Waals surface area contributed by atoms with Crippen LogP contribution in [0.2, 0.25) is 0 Å². The van der Waals surface area contributed by atoms with Gasteiger partial charge in [0.25, 0.3) is 0 Å². The van der Waals surface area contributed by atoms with Crippen molar-refractivity contribution in [3.8, 4) is 0 Å². The molecule has 0 bridgehead atoms. The van der Waals surface area contributed by atoms with Gasteiger partial charge in [-0.25, -0.2) is 0 Å². The molecular formula is C34H63N5O23P2. The van der Waals surface area contributed by atoms with Gasteiger partial charge in [0.15, 0.2) is 0 Å². The fourth-order valence-corrected chi connectivity index (χ4v) is 7.26. The van der Waals surface area contributed by atoms with Crippen LogP contribution in [0.25, 0.3) is 0 Å². The molecule has 0 fully saturated rings. The number of carboxylic acids is 7. The van der Waals surface area contributed by atoms with Gasteiger partial charge in [-0.15, -0.1) is 0 Å². The highest BCUT2D eigenvalue weighted by molar-refractivity contribution is 7.58. The average molecular weight is 972 g/mol. The highest BCUT2D eigenvalue weighted by Crippen LogP contribution is 2.43. The van der Waals surface area contributed by atoms with Crippen LogP contribution in [-0.4, -0.2) is 159 Å². The Kier molecular flexibility index (Phi) is 40.6. The molecule has 64 heavy (non-hydrogen) atoms. The summed E-state index contributed by atoms with van der Waals surface area (Å²) in [5.74, 6) is -10.2. The SMILES string of the molecule is CC(CCC(=O)O)CP(=O)(O)CCCN.CC(CCC(=O)O)NC(=O)C[C@H](N)C(=O)O.CC(CCC(=O)O)NC(=O)[C@@H](N)CC(=O)O.O=C(O)CCC(CP(=O)(O)O)C(=O)O.O=C=O. The molecule has 2 amide bonds. The summed E-state index contributed by atoms with van der Waals surface area (Å²) < 4.78 is 22.1. The molecule has 30 heteroatoms. The summed E-state index contributed by atoms with van der Waals surface area (Å²) in [6.45, 7) is 5.49. The zero-order chi connectivity index (χ0) is 51.4. The van der Waals surface area contributed by atoms with Crippen molar-refractivity contribution < 1.29 is 112 Å². The van der Waals surface area contributed by atoms with Crippen LogP contribution in [0.4, 0.5) is 0 Å². The van der Waals surface area contributed by atoms with E-state index in [1.165, 1.54) is 0 Å². The van der Waals surface area contributed by atoms with Gasteiger partial charge in [0.2, 0.25) is 19.2 Å². The maximum Gasteiger partial charge on any atom is 0.373 e. The van der Waals surface area contributed by atoms with Crippen LogP contribution >= 0.6 is 15.0 Å². The summed E-state index contributed by atoms with van der Waals surface area (Å²) in [6, 6.07) is -3.00. The molecule has 0 aromatic rings. The fraction of sp³-hybridized carbons (Fsp3) is 0.706. The van der Waals surface area contributed by atoms with E-state index in [-0.39, 0.29) is 75.0 Å². The summed E-state index contributed by atoms with van der Waals surface area (Å²) in [6.07, 6.45) is -0.0972. The molecule has 18 N–H and O–H groups in total. The lowest BCUT2D eigenvalue weighted by atomic mass is 10.1. The minimum absolute atomic E-state index is 0.0327. The number of hydrogen-bond donors (Lipinski definition) is 15. The van der Waals surface area contributed by atoms with Crippen LogP contribution in [0.1, 0.15) is 91.4 Å². The predicted molar refractivity (Wildman–Crippen MR) is 219 cm³/mol. The molecule has 0 aliphatic heterocycles. The van der Waals surface area contributed by atoms with Crippen molar-refractivity contribution in [2.75, 3.05) is 25.0 Å². The Bertz CT molecular complexity index is 1600. The fourth-order valence-electron chi connectivity index (χ4n) is 4.33. The summed E-state index contributed by atoms with van der Waals surface area (Å²) in [7, 11) is -7.51. The Morgan fingerprint density at radius 2 is 0.984 bits per heavy atom. The van der Waals surface area contributed by atoms with Gasteiger partial charge >= 0.3 is 55.5 Å². The quantitative estimate of drug-likeness (QED) is 0.0400. The molecule has 372 valence electrons. The first kappa shape index (κ1) is 67.9. The van der Waals surface area contributed by atoms with Gasteiger partial charge in [-0.2, -0.15) is 9.59 Å². The zero-order valence-electron chi connectivity index (χ0n) is 35.5. The number of hydrogen-bond acceptors (Lipinski definition) is 16. The first-order chi connectivity index (χ1) is 29.2. The number of nitrogens with two attached hydrogens (primary N) is 3. The highest BCUT2D eigenvalue weighted by atomic mass is 31.2. The first-order valence-electron chi connectivity index (χ1n) is 18.9. The zero-order valence-corrected chi connectivity index (χ0v) is 37.3. The second-order valence-electron chi connectivity index (χ2n) is 13.9. The van der Waals surface area contributed by atoms with E-state index in [2.05, 4.69) is 10.6 Å². The van der Waals surface area contributed by atoms with Crippen molar-refractivity contribution in [3.05, 3.63) is 0 Å². The summed E-state index contributed by atoms with van der Waals surface area (Å²) >= 11 is 0. The largest absolute Gasteiger partial charge is 0.481 e. The Labute approximate surface area is 366 Å². The third-order valence-corrected chi connectivity index (χ3v) is 10.6. The first-order valence-corrected chi connectivity index (χ1v) is 22.7. The number of carboxylic acid groups (broad SMARTS) is 7. The molecule has 0 radical (unpaired) electrons. The van der Waals surface area contributed by atoms with E-state index >= 15 is 0 Å². The number of rotatable bonds is 28. The van der Waals surface area contributed by atoms with Crippen molar-refractivity contribution in [1.29, 1.82) is 0 Å². The molecule has 0 heterocycles. The van der Waals surface area contributed by atoms with Crippen molar-refractivity contribution in [2.45, 2.75) is 116 Å². The van der Waals surface area contributed by atoms with Gasteiger partial charge in [0, 0.05) is 50.1 Å². The van der Waals surface area contributed by atoms with Gasteiger partial charge in [-0.3, -0.25) is 52.3 Å². The minimum Gasteiger partial charge on any atom is -0.481 e. The lowest BCUT2D eigenvalue weighted by Gasteiger charge is -2.15. The van der Waals surface area contributed by atoms with Gasteiger partial charge in [0.05, 0.1) is 31.0 Å². The standard InChI is InChI=1S/2C9H16N2O5.C9H20NO4P.C6H11O7P.CO2/c1-5(2-3-8(13)14)11-7(12)4-6(10)9(15)16;1-5(2-3-7(12)13)11-9(16)6(10)4-8(14)15;1-8(3-4-9(11)12)7-15(13,14)6-2-5-10;7-5(8)2-1-4(6(9)10)3-14(11,12)13;2-1-3/h5-6H,2-4,10H2,1H3,(H,11,12)(H,13,14)(H,15,16);5-6H,2-4,10H2,1H3,(H,11,16)(H,12,13)(H,14,15);8H,2-7,10H2,1H3,(H,11,12)(H,13,14);4H,1-3H2,(H,7,8)(H,9,10)(H2,11,12,13);/t2*5?,6-;;;/m00.../s1. The van der Waals surface area contributed by atoms with Crippen LogP contribution in [-0.2, 0) is 61.9 Å². The van der Waals surface area contributed by atoms with Crippen LogP contribution in [0.3, 0.4) is 0 Å². The molecule has 0 aromatic heterocycles. The molecule has 0 aliphatic carbocycles. The lowest BCUT2D eigenvalue weighted by Crippen LogP contribution is -2.45. The molecule has 0 saturated heterocycles. The Morgan fingerprint density at radius 1 is 0.578 bits per heavy atom. The molecule has 0 rings (SSSR count). The van der Waals surface area contributed by atoms with E-state index in [9.17, 15) is 57.2 Å². The normalized spacial score (nSPS) is 14.0. The Balaban J connectivity index is -0.000000237. The number of amides is 2. The molecule has 0 spiro atoms. The van der Waals surface area contributed by atoms with Gasteiger partial charge < -0.3 is 78.3 Å². The Morgan fingerprint density at radius 3 is 1.34 bits per heavy atom. The van der Waals surface area contributed by atoms with Crippen LogP contribution < -0.4 is 27.8 Å². The van der Waals surface area contributed by atoms with Crippen LogP contribution in [0.15, 0.2) is 0 Å².